The van der Waals surface area contributed by atoms with Gasteiger partial charge >= 0.3 is 0 Å². The highest BCUT2D eigenvalue weighted by Crippen LogP contribution is 2.20. The molecule has 0 spiro atoms. The summed E-state index contributed by atoms with van der Waals surface area (Å²) < 4.78 is 0. The number of likely N-dealkylation sites (tertiary alicyclic amines) is 1. The van der Waals surface area contributed by atoms with Gasteiger partial charge in [0.2, 0.25) is 0 Å². The largest absolute Gasteiger partial charge is 0.387 e. The van der Waals surface area contributed by atoms with Crippen LogP contribution in [0.5, 0.6) is 0 Å². The van der Waals surface area contributed by atoms with Gasteiger partial charge in [0.05, 0.1) is 16.7 Å². The minimum atomic E-state index is -0.515. The van der Waals surface area contributed by atoms with E-state index in [-0.39, 0.29) is 5.91 Å². The molecule has 0 aromatic heterocycles. The number of hydrogen-bond acceptors (Lipinski definition) is 3. The zero-order valence-corrected chi connectivity index (χ0v) is 16.5. The van der Waals surface area contributed by atoms with Gasteiger partial charge in [-0.3, -0.25) is 4.79 Å². The summed E-state index contributed by atoms with van der Waals surface area (Å²) in [5.74, 6) is -0.00454. The molecule has 2 aromatic carbocycles. The lowest BCUT2D eigenvalue weighted by atomic mass is 10.0. The molecule has 1 aliphatic rings. The average Bonchev–Trinajstić information content (AvgIpc) is 2.72. The molecule has 144 valence electrons. The van der Waals surface area contributed by atoms with Crippen LogP contribution < -0.4 is 5.32 Å². The van der Waals surface area contributed by atoms with Gasteiger partial charge in [-0.2, -0.15) is 0 Å². The van der Waals surface area contributed by atoms with Gasteiger partial charge in [-0.05, 0) is 42.5 Å². The van der Waals surface area contributed by atoms with Gasteiger partial charge in [-0.1, -0.05) is 54.9 Å². The van der Waals surface area contributed by atoms with E-state index in [0.29, 0.717) is 36.3 Å². The molecule has 0 aliphatic carbocycles. The summed E-state index contributed by atoms with van der Waals surface area (Å²) >= 11 is 6.14. The number of carbonyl (C=O) groups excluding carboxylic acids is 1. The molecule has 1 atom stereocenters. The second-order valence-corrected chi connectivity index (χ2v) is 7.47. The summed E-state index contributed by atoms with van der Waals surface area (Å²) in [5.41, 5.74) is 2.78. The third-order valence-corrected chi connectivity index (χ3v) is 5.59. The molecule has 1 amide bonds. The predicted octanol–water partition coefficient (Wildman–Crippen LogP) is 3.83. The molecular formula is C22H27ClN2O2. The summed E-state index contributed by atoms with van der Waals surface area (Å²) in [6.45, 7) is 4.04. The van der Waals surface area contributed by atoms with Crippen molar-refractivity contribution in [2.75, 3.05) is 19.6 Å². The standard InChI is InChI=1S/C22H27ClN2O2/c1-2-16-7-9-17(10-8-16)21(26)15-24-18-11-13-25(14-12-18)22(27)19-5-3-4-6-20(19)23/h3-10,18,21,24,26H,2,11-15H2,1H3. The number of carbonyl (C=O) groups is 1. The van der Waals surface area contributed by atoms with Gasteiger partial charge < -0.3 is 15.3 Å². The quantitative estimate of drug-likeness (QED) is 0.793. The van der Waals surface area contributed by atoms with Crippen molar-refractivity contribution in [1.82, 2.24) is 10.2 Å². The number of nitrogens with zero attached hydrogens (tertiary/aromatic N) is 1. The zero-order valence-electron chi connectivity index (χ0n) is 15.7. The Morgan fingerprint density at radius 2 is 1.85 bits per heavy atom. The fourth-order valence-corrected chi connectivity index (χ4v) is 3.68. The SMILES string of the molecule is CCc1ccc(C(O)CNC2CCN(C(=O)c3ccccc3Cl)CC2)cc1. The van der Waals surface area contributed by atoms with E-state index in [2.05, 4.69) is 24.4 Å². The number of aliphatic hydroxyl groups is 1. The van der Waals surface area contributed by atoms with Gasteiger partial charge in [0.1, 0.15) is 0 Å². The van der Waals surface area contributed by atoms with E-state index in [0.717, 1.165) is 24.8 Å². The van der Waals surface area contributed by atoms with Crippen molar-refractivity contribution in [3.63, 3.8) is 0 Å². The third-order valence-electron chi connectivity index (χ3n) is 5.26. The van der Waals surface area contributed by atoms with E-state index in [1.807, 2.05) is 29.2 Å². The molecule has 0 saturated carbocycles. The first-order chi connectivity index (χ1) is 13.1. The molecule has 27 heavy (non-hydrogen) atoms. The highest BCUT2D eigenvalue weighted by atomic mass is 35.5. The number of amides is 1. The normalized spacial score (nSPS) is 16.3. The van der Waals surface area contributed by atoms with Crippen molar-refractivity contribution in [3.8, 4) is 0 Å². The number of aryl methyl sites for hydroxylation is 1. The second kappa shape index (κ2) is 9.36. The lowest BCUT2D eigenvalue weighted by Gasteiger charge is -2.33. The van der Waals surface area contributed by atoms with Crippen LogP contribution >= 0.6 is 11.6 Å². The van der Waals surface area contributed by atoms with Crippen LogP contribution in [-0.4, -0.2) is 41.6 Å². The molecule has 1 saturated heterocycles. The third kappa shape index (κ3) is 5.10. The lowest BCUT2D eigenvalue weighted by molar-refractivity contribution is 0.0698. The van der Waals surface area contributed by atoms with E-state index in [1.54, 1.807) is 12.1 Å². The fraction of sp³-hybridized carbons (Fsp3) is 0.409. The molecule has 2 aromatic rings. The molecule has 3 rings (SSSR count). The van der Waals surface area contributed by atoms with Crippen LogP contribution in [0.2, 0.25) is 5.02 Å². The number of halogens is 1. The number of aliphatic hydroxyl groups excluding tert-OH is 1. The van der Waals surface area contributed by atoms with Crippen molar-refractivity contribution in [2.45, 2.75) is 38.3 Å². The Balaban J connectivity index is 1.46. The molecule has 1 fully saturated rings. The number of hydrogen-bond donors (Lipinski definition) is 2. The first-order valence-electron chi connectivity index (χ1n) is 9.62. The maximum Gasteiger partial charge on any atom is 0.255 e. The maximum atomic E-state index is 12.6. The molecule has 2 N–H and O–H groups in total. The summed E-state index contributed by atoms with van der Waals surface area (Å²) in [4.78, 5) is 14.5. The van der Waals surface area contributed by atoms with Crippen molar-refractivity contribution in [2.24, 2.45) is 0 Å². The van der Waals surface area contributed by atoms with Crippen LogP contribution in [0, 0.1) is 0 Å². The van der Waals surface area contributed by atoms with E-state index >= 15 is 0 Å². The highest BCUT2D eigenvalue weighted by Gasteiger charge is 2.25. The van der Waals surface area contributed by atoms with Crippen molar-refractivity contribution < 1.29 is 9.90 Å². The fourth-order valence-electron chi connectivity index (χ4n) is 3.46. The Morgan fingerprint density at radius 3 is 2.48 bits per heavy atom. The molecule has 0 radical (unpaired) electrons. The van der Waals surface area contributed by atoms with Crippen LogP contribution in [0.1, 0.15) is 47.4 Å². The number of nitrogens with one attached hydrogen (secondary N) is 1. The Labute approximate surface area is 166 Å². The Kier molecular flexibility index (Phi) is 6.89. The molecule has 0 bridgehead atoms. The van der Waals surface area contributed by atoms with Crippen molar-refractivity contribution in [3.05, 3.63) is 70.2 Å². The predicted molar refractivity (Wildman–Crippen MR) is 109 cm³/mol. The minimum absolute atomic E-state index is 0.00454. The lowest BCUT2D eigenvalue weighted by Crippen LogP contribution is -2.45. The van der Waals surface area contributed by atoms with Crippen LogP contribution in [0.15, 0.2) is 48.5 Å². The first-order valence-corrected chi connectivity index (χ1v) is 10.0. The summed E-state index contributed by atoms with van der Waals surface area (Å²) in [6.07, 6.45) is 2.23. The Bertz CT molecular complexity index is 755. The minimum Gasteiger partial charge on any atom is -0.387 e. The Morgan fingerprint density at radius 1 is 1.19 bits per heavy atom. The number of benzene rings is 2. The summed E-state index contributed by atoms with van der Waals surface area (Å²) in [7, 11) is 0. The van der Waals surface area contributed by atoms with Gasteiger partial charge in [0.15, 0.2) is 0 Å². The maximum absolute atomic E-state index is 12.6. The number of piperidine rings is 1. The average molecular weight is 387 g/mol. The van der Waals surface area contributed by atoms with E-state index < -0.39 is 6.10 Å². The molecule has 1 unspecified atom stereocenters. The smallest absolute Gasteiger partial charge is 0.255 e. The summed E-state index contributed by atoms with van der Waals surface area (Å²) in [6, 6.07) is 15.6. The molecule has 5 heteroatoms. The van der Waals surface area contributed by atoms with Crippen molar-refractivity contribution >= 4 is 17.5 Å². The Hall–Kier alpha value is -1.88. The molecule has 1 aliphatic heterocycles. The second-order valence-electron chi connectivity index (χ2n) is 7.07. The number of rotatable bonds is 6. The summed E-state index contributed by atoms with van der Waals surface area (Å²) in [5, 5.41) is 14.3. The molecular weight excluding hydrogens is 360 g/mol. The molecule has 1 heterocycles. The topological polar surface area (TPSA) is 52.6 Å². The van der Waals surface area contributed by atoms with Gasteiger partial charge in [0.25, 0.3) is 5.91 Å². The highest BCUT2D eigenvalue weighted by molar-refractivity contribution is 6.33. The first kappa shape index (κ1) is 19.9. The molecule has 4 nitrogen and oxygen atoms in total. The van der Waals surface area contributed by atoms with Gasteiger partial charge in [-0.25, -0.2) is 0 Å². The van der Waals surface area contributed by atoms with Gasteiger partial charge in [-0.15, -0.1) is 0 Å². The van der Waals surface area contributed by atoms with Crippen LogP contribution in [-0.2, 0) is 6.42 Å². The van der Waals surface area contributed by atoms with Crippen molar-refractivity contribution in [1.29, 1.82) is 0 Å². The monoisotopic (exact) mass is 386 g/mol. The van der Waals surface area contributed by atoms with E-state index in [4.69, 9.17) is 11.6 Å². The van der Waals surface area contributed by atoms with E-state index in [9.17, 15) is 9.90 Å². The zero-order chi connectivity index (χ0) is 19.2. The van der Waals surface area contributed by atoms with E-state index in [1.165, 1.54) is 5.56 Å². The van der Waals surface area contributed by atoms with Crippen LogP contribution in [0.3, 0.4) is 0 Å². The van der Waals surface area contributed by atoms with Gasteiger partial charge in [0, 0.05) is 25.7 Å². The van der Waals surface area contributed by atoms with Crippen LogP contribution in [0.4, 0.5) is 0 Å². The van der Waals surface area contributed by atoms with Crippen LogP contribution in [0.25, 0.3) is 0 Å².